The molecule has 1 rings (SSSR count). The zero-order valence-corrected chi connectivity index (χ0v) is 18.2. The molecule has 0 amide bonds. The molecule has 150 valence electrons. The lowest BCUT2D eigenvalue weighted by Gasteiger charge is -2.24. The number of rotatable bonds is 19. The number of unbranched alkanes of at least 4 members (excludes halogenated alkanes) is 11. The summed E-state index contributed by atoms with van der Waals surface area (Å²) in [7, 11) is 0. The van der Waals surface area contributed by atoms with Crippen molar-refractivity contribution in [1.29, 1.82) is 0 Å². The van der Waals surface area contributed by atoms with Gasteiger partial charge in [-0.05, 0) is 31.9 Å². The minimum atomic E-state index is 0.387. The van der Waals surface area contributed by atoms with Crippen molar-refractivity contribution in [3.8, 4) is 0 Å². The number of ether oxygens (including phenoxy) is 1. The maximum absolute atomic E-state index is 5.56. The van der Waals surface area contributed by atoms with Gasteiger partial charge in [-0.1, -0.05) is 96.3 Å². The first-order valence-corrected chi connectivity index (χ1v) is 12.6. The van der Waals surface area contributed by atoms with Crippen molar-refractivity contribution in [2.24, 2.45) is 5.92 Å². The van der Waals surface area contributed by atoms with Crippen LogP contribution in [0.4, 0.5) is 0 Å². The van der Waals surface area contributed by atoms with E-state index in [-0.39, 0.29) is 0 Å². The van der Waals surface area contributed by atoms with Crippen LogP contribution in [-0.2, 0) is 4.74 Å². The lowest BCUT2D eigenvalue weighted by molar-refractivity contribution is 0.0920. The van der Waals surface area contributed by atoms with E-state index in [4.69, 9.17) is 4.74 Å². The minimum absolute atomic E-state index is 0.387. The Labute approximate surface area is 163 Å². The van der Waals surface area contributed by atoms with Crippen LogP contribution in [0.3, 0.4) is 0 Å². The van der Waals surface area contributed by atoms with Crippen LogP contribution in [0.2, 0.25) is 0 Å². The van der Waals surface area contributed by atoms with Crippen molar-refractivity contribution in [3.63, 3.8) is 0 Å². The first-order valence-electron chi connectivity index (χ1n) is 11.5. The highest BCUT2D eigenvalue weighted by atomic mass is 32.2. The molecule has 1 aliphatic rings. The van der Waals surface area contributed by atoms with Gasteiger partial charge < -0.3 is 4.74 Å². The van der Waals surface area contributed by atoms with Crippen LogP contribution in [0.5, 0.6) is 0 Å². The molecule has 0 aromatic heterocycles. The highest BCUT2D eigenvalue weighted by Crippen LogP contribution is 2.31. The summed E-state index contributed by atoms with van der Waals surface area (Å²) in [5.41, 5.74) is 0. The molecular formula is C23H46OS. The maximum atomic E-state index is 5.56. The first kappa shape index (κ1) is 23.3. The van der Waals surface area contributed by atoms with E-state index in [2.05, 4.69) is 25.6 Å². The molecule has 0 atom stereocenters. The quantitative estimate of drug-likeness (QED) is 0.213. The summed E-state index contributed by atoms with van der Waals surface area (Å²) in [6.45, 7) is 5.15. The molecule has 0 radical (unpaired) electrons. The molecule has 0 saturated heterocycles. The molecule has 1 saturated carbocycles. The Kier molecular flexibility index (Phi) is 16.5. The normalized spacial score (nSPS) is 15.0. The van der Waals surface area contributed by atoms with E-state index >= 15 is 0 Å². The lowest BCUT2D eigenvalue weighted by atomic mass is 9.81. The summed E-state index contributed by atoms with van der Waals surface area (Å²) >= 11 is 2.06. The second-order valence-electron chi connectivity index (χ2n) is 8.36. The summed E-state index contributed by atoms with van der Waals surface area (Å²) < 4.78 is 5.56. The van der Waals surface area contributed by atoms with E-state index in [0.717, 1.165) is 12.5 Å². The average molecular weight is 371 g/mol. The SMILES string of the molecule is CC(C)OCCSCCCCCCCCCCCCCCC1CCC1. The van der Waals surface area contributed by atoms with Crippen molar-refractivity contribution in [1.82, 2.24) is 0 Å². The molecule has 0 aliphatic heterocycles. The van der Waals surface area contributed by atoms with E-state index in [1.807, 2.05) is 0 Å². The monoisotopic (exact) mass is 370 g/mol. The van der Waals surface area contributed by atoms with Gasteiger partial charge in [-0.15, -0.1) is 0 Å². The first-order chi connectivity index (χ1) is 12.3. The van der Waals surface area contributed by atoms with Gasteiger partial charge in [0.15, 0.2) is 0 Å². The largest absolute Gasteiger partial charge is 0.378 e. The van der Waals surface area contributed by atoms with Gasteiger partial charge in [0.05, 0.1) is 12.7 Å². The Morgan fingerprint density at radius 1 is 0.720 bits per heavy atom. The van der Waals surface area contributed by atoms with Crippen molar-refractivity contribution in [2.45, 2.75) is 123 Å². The van der Waals surface area contributed by atoms with E-state index in [9.17, 15) is 0 Å². The van der Waals surface area contributed by atoms with Crippen LogP contribution in [0.15, 0.2) is 0 Å². The van der Waals surface area contributed by atoms with Gasteiger partial charge >= 0.3 is 0 Å². The Morgan fingerprint density at radius 2 is 1.24 bits per heavy atom. The van der Waals surface area contributed by atoms with E-state index in [0.29, 0.717) is 6.10 Å². The molecule has 25 heavy (non-hydrogen) atoms. The summed E-state index contributed by atoms with van der Waals surface area (Å²) in [6.07, 6.45) is 24.1. The fraction of sp³-hybridized carbons (Fsp3) is 1.00. The zero-order valence-electron chi connectivity index (χ0n) is 17.4. The molecular weight excluding hydrogens is 324 g/mol. The van der Waals surface area contributed by atoms with Crippen LogP contribution in [0, 0.1) is 5.92 Å². The Balaban J connectivity index is 1.61. The highest BCUT2D eigenvalue weighted by molar-refractivity contribution is 7.99. The molecule has 0 heterocycles. The van der Waals surface area contributed by atoms with Crippen LogP contribution in [-0.4, -0.2) is 24.2 Å². The van der Waals surface area contributed by atoms with Gasteiger partial charge in [0.2, 0.25) is 0 Å². The summed E-state index contributed by atoms with van der Waals surface area (Å²) in [5.74, 6) is 3.61. The lowest BCUT2D eigenvalue weighted by Crippen LogP contribution is -2.10. The Hall–Kier alpha value is 0.310. The smallest absolute Gasteiger partial charge is 0.0560 e. The molecule has 2 heteroatoms. The van der Waals surface area contributed by atoms with Crippen molar-refractivity contribution < 1.29 is 4.74 Å². The zero-order chi connectivity index (χ0) is 18.0. The van der Waals surface area contributed by atoms with Gasteiger partial charge in [0.25, 0.3) is 0 Å². The fourth-order valence-electron chi connectivity index (χ4n) is 3.63. The predicted octanol–water partition coefficient (Wildman–Crippen LogP) is 8.02. The predicted molar refractivity (Wildman–Crippen MR) is 116 cm³/mol. The molecule has 0 aromatic rings. The Bertz CT molecular complexity index is 263. The van der Waals surface area contributed by atoms with Crippen LogP contribution in [0.1, 0.15) is 117 Å². The third-order valence-corrected chi connectivity index (χ3v) is 6.59. The molecule has 0 bridgehead atoms. The molecule has 0 unspecified atom stereocenters. The number of thioether (sulfide) groups is 1. The maximum Gasteiger partial charge on any atom is 0.0560 e. The average Bonchev–Trinajstić information content (AvgIpc) is 2.55. The molecule has 1 fully saturated rings. The van der Waals surface area contributed by atoms with Crippen molar-refractivity contribution in [2.75, 3.05) is 18.1 Å². The third-order valence-electron chi connectivity index (χ3n) is 5.55. The van der Waals surface area contributed by atoms with Gasteiger partial charge in [0, 0.05) is 5.75 Å². The topological polar surface area (TPSA) is 9.23 Å². The molecule has 0 N–H and O–H groups in total. The van der Waals surface area contributed by atoms with Crippen molar-refractivity contribution >= 4 is 11.8 Å². The number of hydrogen-bond acceptors (Lipinski definition) is 2. The molecule has 1 nitrogen and oxygen atoms in total. The third kappa shape index (κ3) is 16.2. The second-order valence-corrected chi connectivity index (χ2v) is 9.58. The van der Waals surface area contributed by atoms with Gasteiger partial charge in [0.1, 0.15) is 0 Å². The Morgan fingerprint density at radius 3 is 1.72 bits per heavy atom. The van der Waals surface area contributed by atoms with Crippen LogP contribution in [0.25, 0.3) is 0 Å². The van der Waals surface area contributed by atoms with Gasteiger partial charge in [-0.3, -0.25) is 0 Å². The van der Waals surface area contributed by atoms with Crippen LogP contribution < -0.4 is 0 Å². The van der Waals surface area contributed by atoms with Gasteiger partial charge in [-0.2, -0.15) is 11.8 Å². The second kappa shape index (κ2) is 17.7. The molecule has 1 aliphatic carbocycles. The van der Waals surface area contributed by atoms with Gasteiger partial charge in [-0.25, -0.2) is 0 Å². The van der Waals surface area contributed by atoms with E-state index in [1.165, 1.54) is 114 Å². The molecule has 0 spiro atoms. The van der Waals surface area contributed by atoms with E-state index in [1.54, 1.807) is 0 Å². The minimum Gasteiger partial charge on any atom is -0.378 e. The highest BCUT2D eigenvalue weighted by Gasteiger charge is 2.15. The van der Waals surface area contributed by atoms with Crippen molar-refractivity contribution in [3.05, 3.63) is 0 Å². The standard InChI is InChI=1S/C23H46OS/c1-22(2)24-19-21-25-20-14-12-10-8-6-4-3-5-7-9-11-13-16-23-17-15-18-23/h22-23H,3-21H2,1-2H3. The summed E-state index contributed by atoms with van der Waals surface area (Å²) in [5, 5.41) is 0. The summed E-state index contributed by atoms with van der Waals surface area (Å²) in [6, 6.07) is 0. The molecule has 0 aromatic carbocycles. The van der Waals surface area contributed by atoms with Crippen LogP contribution >= 0.6 is 11.8 Å². The fourth-order valence-corrected chi connectivity index (χ4v) is 4.46. The summed E-state index contributed by atoms with van der Waals surface area (Å²) in [4.78, 5) is 0. The van der Waals surface area contributed by atoms with E-state index < -0.39 is 0 Å². The number of hydrogen-bond donors (Lipinski definition) is 0.